The van der Waals surface area contributed by atoms with Crippen molar-refractivity contribution in [3.63, 3.8) is 0 Å². The van der Waals surface area contributed by atoms with Crippen LogP contribution in [0.15, 0.2) is 47.1 Å². The van der Waals surface area contributed by atoms with Crippen LogP contribution in [0.3, 0.4) is 0 Å². The first kappa shape index (κ1) is 15.1. The van der Waals surface area contributed by atoms with Crippen molar-refractivity contribution in [2.45, 2.75) is 13.0 Å². The first-order valence-electron chi connectivity index (χ1n) is 6.48. The lowest BCUT2D eigenvalue weighted by Crippen LogP contribution is -2.30. The third kappa shape index (κ3) is 4.96. The molecule has 1 aromatic carbocycles. The van der Waals surface area contributed by atoms with E-state index >= 15 is 0 Å². The summed E-state index contributed by atoms with van der Waals surface area (Å²) < 4.78 is 4.94. The van der Waals surface area contributed by atoms with E-state index in [1.54, 1.807) is 24.3 Å². The summed E-state index contributed by atoms with van der Waals surface area (Å²) >= 11 is 5.78. The molecule has 0 radical (unpaired) electrons. The Morgan fingerprint density at radius 2 is 1.86 bits per heavy atom. The molecule has 2 amide bonds. The number of halogens is 1. The molecule has 0 spiro atoms. The van der Waals surface area contributed by atoms with Crippen molar-refractivity contribution < 1.29 is 14.0 Å². The van der Waals surface area contributed by atoms with Gasteiger partial charge in [-0.1, -0.05) is 23.7 Å². The van der Waals surface area contributed by atoms with Gasteiger partial charge in [-0.2, -0.15) is 0 Å². The van der Waals surface area contributed by atoms with E-state index < -0.39 is 0 Å². The lowest BCUT2D eigenvalue weighted by Gasteiger charge is -2.06. The van der Waals surface area contributed by atoms with Crippen LogP contribution in [-0.4, -0.2) is 18.4 Å². The van der Waals surface area contributed by atoms with Crippen LogP contribution in [0.5, 0.6) is 0 Å². The normalized spacial score (nSPS) is 10.1. The Kier molecular flexibility index (Phi) is 5.40. The standard InChI is InChI=1S/C15H15ClN2O3/c16-12-5-3-11(4-6-12)10-18-14(19)7-8-17-15(20)13-2-1-9-21-13/h1-6,9H,7-8,10H2,(H,17,20)(H,18,19). The molecule has 2 rings (SSSR count). The van der Waals surface area contributed by atoms with Crippen LogP contribution >= 0.6 is 11.6 Å². The van der Waals surface area contributed by atoms with Crippen LogP contribution in [0.1, 0.15) is 22.5 Å². The Bertz CT molecular complexity index is 594. The molecule has 0 saturated carbocycles. The summed E-state index contributed by atoms with van der Waals surface area (Å²) in [6.45, 7) is 0.689. The summed E-state index contributed by atoms with van der Waals surface area (Å²) in [4.78, 5) is 23.2. The highest BCUT2D eigenvalue weighted by molar-refractivity contribution is 6.30. The second kappa shape index (κ2) is 7.50. The quantitative estimate of drug-likeness (QED) is 0.860. The van der Waals surface area contributed by atoms with Gasteiger partial charge in [-0.15, -0.1) is 0 Å². The Morgan fingerprint density at radius 1 is 1.10 bits per heavy atom. The second-order valence-corrected chi connectivity index (χ2v) is 4.82. The largest absolute Gasteiger partial charge is 0.459 e. The molecule has 0 aliphatic carbocycles. The number of nitrogens with one attached hydrogen (secondary N) is 2. The van der Waals surface area contributed by atoms with E-state index in [0.29, 0.717) is 11.6 Å². The summed E-state index contributed by atoms with van der Waals surface area (Å²) in [5.41, 5.74) is 0.965. The minimum Gasteiger partial charge on any atom is -0.459 e. The van der Waals surface area contributed by atoms with Gasteiger partial charge in [0.25, 0.3) is 5.91 Å². The molecule has 1 heterocycles. The molecule has 0 saturated heterocycles. The molecule has 21 heavy (non-hydrogen) atoms. The number of carbonyl (C=O) groups excluding carboxylic acids is 2. The maximum atomic E-state index is 11.6. The molecule has 6 heteroatoms. The fourth-order valence-corrected chi connectivity index (χ4v) is 1.80. The van der Waals surface area contributed by atoms with E-state index in [1.807, 2.05) is 12.1 Å². The summed E-state index contributed by atoms with van der Waals surface area (Å²) in [7, 11) is 0. The Balaban J connectivity index is 1.66. The monoisotopic (exact) mass is 306 g/mol. The maximum Gasteiger partial charge on any atom is 0.286 e. The lowest BCUT2D eigenvalue weighted by atomic mass is 10.2. The molecule has 2 N–H and O–H groups in total. The molecule has 2 aromatic rings. The van der Waals surface area contributed by atoms with Crippen molar-refractivity contribution in [2.75, 3.05) is 6.54 Å². The third-order valence-corrected chi connectivity index (χ3v) is 3.04. The molecular weight excluding hydrogens is 292 g/mol. The first-order valence-corrected chi connectivity index (χ1v) is 6.86. The highest BCUT2D eigenvalue weighted by Gasteiger charge is 2.08. The fourth-order valence-electron chi connectivity index (χ4n) is 1.68. The first-order chi connectivity index (χ1) is 10.1. The van der Waals surface area contributed by atoms with Crippen LogP contribution in [0, 0.1) is 0 Å². The van der Waals surface area contributed by atoms with Crippen molar-refractivity contribution in [3.05, 3.63) is 59.0 Å². The Morgan fingerprint density at radius 3 is 2.52 bits per heavy atom. The van der Waals surface area contributed by atoms with Gasteiger partial charge in [-0.05, 0) is 29.8 Å². The Labute approximate surface area is 127 Å². The molecule has 0 aliphatic rings. The average molecular weight is 307 g/mol. The lowest BCUT2D eigenvalue weighted by molar-refractivity contribution is -0.121. The number of hydrogen-bond donors (Lipinski definition) is 2. The molecule has 0 atom stereocenters. The zero-order valence-corrected chi connectivity index (χ0v) is 12.0. The van der Waals surface area contributed by atoms with Crippen LogP contribution in [0.2, 0.25) is 5.02 Å². The van der Waals surface area contributed by atoms with Crippen molar-refractivity contribution in [2.24, 2.45) is 0 Å². The summed E-state index contributed by atoms with van der Waals surface area (Å²) in [6.07, 6.45) is 1.63. The maximum absolute atomic E-state index is 11.6. The highest BCUT2D eigenvalue weighted by Crippen LogP contribution is 2.09. The smallest absolute Gasteiger partial charge is 0.286 e. The van der Waals surface area contributed by atoms with Gasteiger partial charge in [-0.3, -0.25) is 9.59 Å². The predicted molar refractivity (Wildman–Crippen MR) is 79.0 cm³/mol. The van der Waals surface area contributed by atoms with Crippen LogP contribution in [0.4, 0.5) is 0 Å². The predicted octanol–water partition coefficient (Wildman–Crippen LogP) is 2.37. The zero-order chi connectivity index (χ0) is 15.1. The van der Waals surface area contributed by atoms with Gasteiger partial charge >= 0.3 is 0 Å². The van der Waals surface area contributed by atoms with Gasteiger partial charge in [-0.25, -0.2) is 0 Å². The number of hydrogen-bond acceptors (Lipinski definition) is 3. The molecule has 1 aromatic heterocycles. The van der Waals surface area contributed by atoms with E-state index in [-0.39, 0.29) is 30.5 Å². The second-order valence-electron chi connectivity index (χ2n) is 4.39. The van der Waals surface area contributed by atoms with Crippen molar-refractivity contribution in [3.8, 4) is 0 Å². The minimum atomic E-state index is -0.328. The number of carbonyl (C=O) groups is 2. The summed E-state index contributed by atoms with van der Waals surface area (Å²) in [5, 5.41) is 6.04. The van der Waals surface area contributed by atoms with Crippen LogP contribution in [-0.2, 0) is 11.3 Å². The topological polar surface area (TPSA) is 71.3 Å². The molecule has 5 nitrogen and oxygen atoms in total. The van der Waals surface area contributed by atoms with Gasteiger partial charge in [0.15, 0.2) is 5.76 Å². The van der Waals surface area contributed by atoms with Gasteiger partial charge < -0.3 is 15.1 Å². The molecule has 0 bridgehead atoms. The average Bonchev–Trinajstić information content (AvgIpc) is 3.01. The molecule has 0 unspecified atom stereocenters. The third-order valence-electron chi connectivity index (χ3n) is 2.79. The molecular formula is C15H15ClN2O3. The molecule has 0 aliphatic heterocycles. The fraction of sp³-hybridized carbons (Fsp3) is 0.200. The van der Waals surface area contributed by atoms with Gasteiger partial charge in [0.2, 0.25) is 5.91 Å². The van der Waals surface area contributed by atoms with E-state index in [4.69, 9.17) is 16.0 Å². The number of benzene rings is 1. The van der Waals surface area contributed by atoms with Crippen LogP contribution in [0.25, 0.3) is 0 Å². The van der Waals surface area contributed by atoms with Gasteiger partial charge in [0.05, 0.1) is 6.26 Å². The minimum absolute atomic E-state index is 0.135. The molecule has 110 valence electrons. The van der Waals surface area contributed by atoms with Gasteiger partial charge in [0.1, 0.15) is 0 Å². The Hall–Kier alpha value is -2.27. The van der Waals surface area contributed by atoms with Crippen molar-refractivity contribution >= 4 is 23.4 Å². The van der Waals surface area contributed by atoms with Gasteiger partial charge in [0, 0.05) is 24.5 Å². The van der Waals surface area contributed by atoms with E-state index in [0.717, 1.165) is 5.56 Å². The van der Waals surface area contributed by atoms with E-state index in [9.17, 15) is 9.59 Å². The zero-order valence-electron chi connectivity index (χ0n) is 11.3. The van der Waals surface area contributed by atoms with E-state index in [1.165, 1.54) is 6.26 Å². The number of rotatable bonds is 6. The van der Waals surface area contributed by atoms with Crippen molar-refractivity contribution in [1.29, 1.82) is 0 Å². The summed E-state index contributed by atoms with van der Waals surface area (Å²) in [5.74, 6) is -0.230. The SMILES string of the molecule is O=C(CCNC(=O)c1ccco1)NCc1ccc(Cl)cc1. The molecule has 0 fully saturated rings. The highest BCUT2D eigenvalue weighted by atomic mass is 35.5. The number of furan rings is 1. The number of amides is 2. The van der Waals surface area contributed by atoms with Crippen molar-refractivity contribution in [1.82, 2.24) is 10.6 Å². The van der Waals surface area contributed by atoms with E-state index in [2.05, 4.69) is 10.6 Å². The van der Waals surface area contributed by atoms with Crippen LogP contribution < -0.4 is 10.6 Å². The summed E-state index contributed by atoms with van der Waals surface area (Å²) in [6, 6.07) is 10.4.